The van der Waals surface area contributed by atoms with Crippen LogP contribution in [-0.2, 0) is 5.75 Å². The molecule has 0 radical (unpaired) electrons. The monoisotopic (exact) mass is 356 g/mol. The van der Waals surface area contributed by atoms with Crippen LogP contribution in [0.3, 0.4) is 0 Å². The van der Waals surface area contributed by atoms with Crippen LogP contribution in [0.25, 0.3) is 0 Å². The van der Waals surface area contributed by atoms with Crippen molar-refractivity contribution in [1.82, 2.24) is 9.97 Å². The van der Waals surface area contributed by atoms with E-state index in [9.17, 15) is 4.39 Å². The smallest absolute Gasteiger partial charge is 0.223 e. The molecule has 3 aromatic rings. The molecule has 4 nitrogen and oxygen atoms in total. The number of benzene rings is 2. The Labute approximate surface area is 150 Å². The minimum absolute atomic E-state index is 0.229. The van der Waals surface area contributed by atoms with E-state index in [0.29, 0.717) is 33.9 Å². The molecule has 0 saturated carbocycles. The minimum Gasteiger partial charge on any atom is -0.493 e. The lowest BCUT2D eigenvalue weighted by atomic mass is 10.2. The lowest BCUT2D eigenvalue weighted by molar-refractivity contribution is 0.372. The lowest BCUT2D eigenvalue weighted by Crippen LogP contribution is -1.97. The van der Waals surface area contributed by atoms with Crippen molar-refractivity contribution in [3.05, 3.63) is 71.7 Å². The van der Waals surface area contributed by atoms with Gasteiger partial charge in [-0.25, -0.2) is 9.37 Å². The van der Waals surface area contributed by atoms with Gasteiger partial charge < -0.3 is 9.47 Å². The Morgan fingerprint density at radius 2 is 1.72 bits per heavy atom. The Bertz CT molecular complexity index is 874. The first-order chi connectivity index (χ1) is 12.2. The van der Waals surface area contributed by atoms with Gasteiger partial charge in [0.05, 0.1) is 7.11 Å². The molecule has 0 aliphatic heterocycles. The summed E-state index contributed by atoms with van der Waals surface area (Å²) in [4.78, 5) is 8.78. The van der Waals surface area contributed by atoms with Gasteiger partial charge in [-0.2, -0.15) is 4.98 Å². The van der Waals surface area contributed by atoms with E-state index in [1.165, 1.54) is 17.8 Å². The maximum Gasteiger partial charge on any atom is 0.223 e. The summed E-state index contributed by atoms with van der Waals surface area (Å²) in [6.45, 7) is 1.87. The van der Waals surface area contributed by atoms with Crippen molar-refractivity contribution in [3.8, 4) is 17.4 Å². The Morgan fingerprint density at radius 1 is 1.00 bits per heavy atom. The summed E-state index contributed by atoms with van der Waals surface area (Å²) in [6, 6.07) is 15.8. The fourth-order valence-corrected chi connectivity index (χ4v) is 3.09. The number of rotatable bonds is 6. The summed E-state index contributed by atoms with van der Waals surface area (Å²) in [7, 11) is 1.59. The van der Waals surface area contributed by atoms with E-state index in [1.807, 2.05) is 37.3 Å². The quantitative estimate of drug-likeness (QED) is 0.458. The van der Waals surface area contributed by atoms with Gasteiger partial charge in [-0.3, -0.25) is 0 Å². The summed E-state index contributed by atoms with van der Waals surface area (Å²) >= 11 is 1.36. The number of aryl methyl sites for hydroxylation is 1. The predicted octanol–water partition coefficient (Wildman–Crippen LogP) is 5.02. The summed E-state index contributed by atoms with van der Waals surface area (Å²) in [5.74, 6) is 1.85. The van der Waals surface area contributed by atoms with Crippen LogP contribution in [0.1, 0.15) is 11.3 Å². The molecule has 0 bridgehead atoms. The molecule has 0 aliphatic carbocycles. The van der Waals surface area contributed by atoms with E-state index < -0.39 is 0 Å². The van der Waals surface area contributed by atoms with Crippen LogP contribution in [0.15, 0.2) is 59.8 Å². The van der Waals surface area contributed by atoms with Gasteiger partial charge in [-0.05, 0) is 30.7 Å². The number of halogens is 1. The molecule has 3 rings (SSSR count). The Hall–Kier alpha value is -2.60. The number of aromatic nitrogens is 2. The molecule has 0 N–H and O–H groups in total. The molecule has 1 heterocycles. The van der Waals surface area contributed by atoms with Gasteiger partial charge in [0.1, 0.15) is 5.82 Å². The molecule has 2 aromatic carbocycles. The first kappa shape index (κ1) is 17.2. The van der Waals surface area contributed by atoms with Gasteiger partial charge in [0.2, 0.25) is 5.88 Å². The summed E-state index contributed by atoms with van der Waals surface area (Å²) in [5.41, 5.74) is 1.39. The Kier molecular flexibility index (Phi) is 5.50. The second-order valence-corrected chi connectivity index (χ2v) is 6.21. The zero-order valence-electron chi connectivity index (χ0n) is 13.9. The Morgan fingerprint density at radius 3 is 2.48 bits per heavy atom. The van der Waals surface area contributed by atoms with Crippen molar-refractivity contribution in [2.24, 2.45) is 0 Å². The molecule has 0 atom stereocenters. The number of hydrogen-bond donors (Lipinski definition) is 0. The third kappa shape index (κ3) is 4.48. The van der Waals surface area contributed by atoms with Crippen molar-refractivity contribution in [2.75, 3.05) is 7.11 Å². The lowest BCUT2D eigenvalue weighted by Gasteiger charge is -2.10. The minimum atomic E-state index is -0.229. The SMILES string of the molecule is COc1ccccc1Oc1cc(C)nc(SCc2ccccc2F)n1. The second-order valence-electron chi connectivity index (χ2n) is 5.26. The average Bonchev–Trinajstić information content (AvgIpc) is 2.61. The molecule has 0 aliphatic rings. The number of nitrogens with zero attached hydrogens (tertiary/aromatic N) is 2. The van der Waals surface area contributed by atoms with Crippen LogP contribution in [0, 0.1) is 12.7 Å². The highest BCUT2D eigenvalue weighted by molar-refractivity contribution is 7.98. The predicted molar refractivity (Wildman–Crippen MR) is 95.8 cm³/mol. The van der Waals surface area contributed by atoms with E-state index in [1.54, 1.807) is 25.3 Å². The van der Waals surface area contributed by atoms with E-state index >= 15 is 0 Å². The molecule has 0 amide bonds. The van der Waals surface area contributed by atoms with Crippen LogP contribution in [0.2, 0.25) is 0 Å². The highest BCUT2D eigenvalue weighted by atomic mass is 32.2. The van der Waals surface area contributed by atoms with Crippen molar-refractivity contribution < 1.29 is 13.9 Å². The third-order valence-electron chi connectivity index (χ3n) is 3.41. The van der Waals surface area contributed by atoms with E-state index in [2.05, 4.69) is 9.97 Å². The van der Waals surface area contributed by atoms with Crippen molar-refractivity contribution in [1.29, 1.82) is 0 Å². The van der Waals surface area contributed by atoms with Crippen molar-refractivity contribution >= 4 is 11.8 Å². The topological polar surface area (TPSA) is 44.2 Å². The number of para-hydroxylation sites is 2. The number of hydrogen-bond acceptors (Lipinski definition) is 5. The van der Waals surface area contributed by atoms with Gasteiger partial charge in [0.15, 0.2) is 16.7 Å². The van der Waals surface area contributed by atoms with E-state index in [4.69, 9.17) is 9.47 Å². The molecule has 128 valence electrons. The zero-order chi connectivity index (χ0) is 17.6. The Balaban J connectivity index is 1.77. The summed E-state index contributed by atoms with van der Waals surface area (Å²) < 4.78 is 24.8. The van der Waals surface area contributed by atoms with Crippen LogP contribution in [0.4, 0.5) is 4.39 Å². The van der Waals surface area contributed by atoms with Crippen LogP contribution in [0.5, 0.6) is 17.4 Å². The van der Waals surface area contributed by atoms with Gasteiger partial charge >= 0.3 is 0 Å². The van der Waals surface area contributed by atoms with Gasteiger partial charge in [0, 0.05) is 17.5 Å². The van der Waals surface area contributed by atoms with Crippen LogP contribution < -0.4 is 9.47 Å². The van der Waals surface area contributed by atoms with Gasteiger partial charge in [-0.15, -0.1) is 0 Å². The van der Waals surface area contributed by atoms with Gasteiger partial charge in [0.25, 0.3) is 0 Å². The maximum absolute atomic E-state index is 13.7. The normalized spacial score (nSPS) is 10.5. The number of ether oxygens (including phenoxy) is 2. The third-order valence-corrected chi connectivity index (χ3v) is 4.30. The zero-order valence-corrected chi connectivity index (χ0v) is 14.7. The first-order valence-corrected chi connectivity index (χ1v) is 8.67. The molecule has 25 heavy (non-hydrogen) atoms. The molecule has 1 aromatic heterocycles. The fraction of sp³-hybridized carbons (Fsp3) is 0.158. The molecular formula is C19H17FN2O2S. The van der Waals surface area contributed by atoms with Gasteiger partial charge in [-0.1, -0.05) is 42.1 Å². The highest BCUT2D eigenvalue weighted by Gasteiger charge is 2.10. The fourth-order valence-electron chi connectivity index (χ4n) is 2.20. The molecule has 0 fully saturated rings. The first-order valence-electron chi connectivity index (χ1n) is 7.68. The van der Waals surface area contributed by atoms with E-state index in [0.717, 1.165) is 5.69 Å². The standard InChI is InChI=1S/C19H17FN2O2S/c1-13-11-18(24-17-10-6-5-9-16(17)23-2)22-19(21-13)25-12-14-7-3-4-8-15(14)20/h3-11H,12H2,1-2H3. The molecule has 0 unspecified atom stereocenters. The summed E-state index contributed by atoms with van der Waals surface area (Å²) in [5, 5.41) is 0.535. The number of thioether (sulfide) groups is 1. The molecule has 0 spiro atoms. The van der Waals surface area contributed by atoms with Crippen molar-refractivity contribution in [2.45, 2.75) is 17.8 Å². The molecule has 0 saturated heterocycles. The maximum atomic E-state index is 13.7. The number of methoxy groups -OCH3 is 1. The van der Waals surface area contributed by atoms with E-state index in [-0.39, 0.29) is 5.82 Å². The van der Waals surface area contributed by atoms with Crippen LogP contribution >= 0.6 is 11.8 Å². The average molecular weight is 356 g/mol. The second kappa shape index (κ2) is 7.98. The molecular weight excluding hydrogens is 339 g/mol. The highest BCUT2D eigenvalue weighted by Crippen LogP contribution is 2.31. The largest absolute Gasteiger partial charge is 0.493 e. The van der Waals surface area contributed by atoms with Crippen LogP contribution in [-0.4, -0.2) is 17.1 Å². The van der Waals surface area contributed by atoms with Crippen molar-refractivity contribution in [3.63, 3.8) is 0 Å². The summed E-state index contributed by atoms with van der Waals surface area (Å²) in [6.07, 6.45) is 0. The molecule has 6 heteroatoms.